The summed E-state index contributed by atoms with van der Waals surface area (Å²) in [6.45, 7) is 0.252. The number of carbonyl (C=O) groups is 3. The number of rotatable bonds is 10. The molecule has 10 nitrogen and oxygen atoms in total. The molecule has 3 aromatic carbocycles. The first-order valence-electron chi connectivity index (χ1n) is 15.9. The van der Waals surface area contributed by atoms with Gasteiger partial charge in [-0.1, -0.05) is 32.1 Å². The van der Waals surface area contributed by atoms with Crippen molar-refractivity contribution in [3.8, 4) is 23.0 Å². The van der Waals surface area contributed by atoms with Gasteiger partial charge in [0.25, 0.3) is 0 Å². The van der Waals surface area contributed by atoms with Gasteiger partial charge in [-0.05, 0) is 60.9 Å². The van der Waals surface area contributed by atoms with E-state index >= 15 is 4.39 Å². The lowest BCUT2D eigenvalue weighted by Gasteiger charge is -2.38. The molecule has 6 rings (SSSR count). The summed E-state index contributed by atoms with van der Waals surface area (Å²) in [5, 5.41) is 3.20. The van der Waals surface area contributed by atoms with Crippen LogP contribution in [0.15, 0.2) is 66.9 Å². The number of amides is 4. The lowest BCUT2D eigenvalue weighted by atomic mass is 9.87. The van der Waals surface area contributed by atoms with E-state index in [1.165, 1.54) is 56.0 Å². The first-order valence-corrected chi connectivity index (χ1v) is 15.9. The van der Waals surface area contributed by atoms with Crippen LogP contribution in [0.5, 0.6) is 23.0 Å². The number of carbonyl (C=O) groups excluding carboxylic acids is 3. The summed E-state index contributed by atoms with van der Waals surface area (Å²) in [5.74, 6) is -2.37. The molecule has 1 saturated carbocycles. The number of fused-ring (bicyclic) bond motifs is 1. The average Bonchev–Trinajstić information content (AvgIpc) is 3.09. The molecule has 0 bridgehead atoms. The van der Waals surface area contributed by atoms with Crippen LogP contribution in [0.3, 0.4) is 0 Å². The molecule has 1 atom stereocenters. The Morgan fingerprint density at radius 1 is 0.896 bits per heavy atom. The molecule has 1 aliphatic carbocycles. The van der Waals surface area contributed by atoms with E-state index in [2.05, 4.69) is 10.3 Å². The van der Waals surface area contributed by atoms with Crippen LogP contribution in [0.4, 0.5) is 25.0 Å². The van der Waals surface area contributed by atoms with Crippen molar-refractivity contribution in [1.82, 2.24) is 9.88 Å². The van der Waals surface area contributed by atoms with Crippen molar-refractivity contribution in [3.63, 3.8) is 0 Å². The van der Waals surface area contributed by atoms with Crippen molar-refractivity contribution in [2.24, 2.45) is 11.8 Å². The van der Waals surface area contributed by atoms with Gasteiger partial charge in [-0.3, -0.25) is 14.6 Å². The summed E-state index contributed by atoms with van der Waals surface area (Å²) in [5.41, 5.74) is 0.814. The quantitative estimate of drug-likeness (QED) is 0.178. The van der Waals surface area contributed by atoms with Gasteiger partial charge in [0.2, 0.25) is 11.8 Å². The fourth-order valence-corrected chi connectivity index (χ4v) is 6.34. The highest BCUT2D eigenvalue weighted by Crippen LogP contribution is 2.38. The highest BCUT2D eigenvalue weighted by molar-refractivity contribution is 6.23. The number of pyridine rings is 1. The topological polar surface area (TPSA) is 110 Å². The van der Waals surface area contributed by atoms with Crippen LogP contribution in [0.25, 0.3) is 10.9 Å². The largest absolute Gasteiger partial charge is 0.493 e. The Balaban J connectivity index is 1.20. The van der Waals surface area contributed by atoms with Gasteiger partial charge in [-0.25, -0.2) is 18.5 Å². The highest BCUT2D eigenvalue weighted by atomic mass is 19.1. The Labute approximate surface area is 276 Å². The molecule has 0 spiro atoms. The number of methoxy groups -OCH3 is 2. The number of imide groups is 1. The Morgan fingerprint density at radius 2 is 1.62 bits per heavy atom. The van der Waals surface area contributed by atoms with Gasteiger partial charge in [0.15, 0.2) is 23.1 Å². The van der Waals surface area contributed by atoms with E-state index in [0.717, 1.165) is 55.2 Å². The van der Waals surface area contributed by atoms with Gasteiger partial charge in [0.05, 0.1) is 25.4 Å². The van der Waals surface area contributed by atoms with E-state index in [-0.39, 0.29) is 23.7 Å². The number of hydrogen-bond acceptors (Lipinski definition) is 7. The fraction of sp³-hybridized carbons (Fsp3) is 0.333. The van der Waals surface area contributed by atoms with Crippen LogP contribution < -0.4 is 24.4 Å². The van der Waals surface area contributed by atoms with E-state index < -0.39 is 35.4 Å². The zero-order valence-corrected chi connectivity index (χ0v) is 26.7. The molecule has 2 aliphatic rings. The Kier molecular flexibility index (Phi) is 9.70. The lowest BCUT2D eigenvalue weighted by Crippen LogP contribution is -2.59. The van der Waals surface area contributed by atoms with E-state index in [9.17, 15) is 18.8 Å². The summed E-state index contributed by atoms with van der Waals surface area (Å²) in [4.78, 5) is 47.5. The summed E-state index contributed by atoms with van der Waals surface area (Å²) in [7, 11) is 3.01. The fourth-order valence-electron chi connectivity index (χ4n) is 6.34. The molecular formula is C36H36F2N4O6. The van der Waals surface area contributed by atoms with Crippen molar-refractivity contribution in [3.05, 3.63) is 78.5 Å². The van der Waals surface area contributed by atoms with Gasteiger partial charge >= 0.3 is 6.03 Å². The molecule has 48 heavy (non-hydrogen) atoms. The van der Waals surface area contributed by atoms with Crippen LogP contribution >= 0.6 is 0 Å². The SMILES string of the molecule is COc1cc2nccc(Oc3ccc(NC(=O)C4CN(CCC5CCCCC5)C(=O)N(c5ccc(F)cc5)C4=O)cc3F)c2cc1OC. The number of anilines is 2. The highest BCUT2D eigenvalue weighted by Gasteiger charge is 2.43. The monoisotopic (exact) mass is 658 g/mol. The molecule has 250 valence electrons. The molecule has 1 N–H and O–H groups in total. The lowest BCUT2D eigenvalue weighted by molar-refractivity contribution is -0.132. The molecule has 2 heterocycles. The molecule has 0 radical (unpaired) electrons. The standard InChI is InChI=1S/C36H36F2N4O6/c1-46-32-19-26-29(20-33(32)47-2)39-16-14-30(26)48-31-13-10-24(18-28(31)38)40-34(43)27-21-41(17-15-22-6-4-3-5-7-22)36(45)42(35(27)44)25-11-8-23(37)9-12-25/h8-14,16,18-20,22,27H,3-7,15,17,21H2,1-2H3,(H,40,43). The molecule has 4 aromatic rings. The van der Waals surface area contributed by atoms with Crippen molar-refractivity contribution < 1.29 is 37.4 Å². The van der Waals surface area contributed by atoms with Gasteiger partial charge in [0.1, 0.15) is 17.5 Å². The molecular weight excluding hydrogens is 622 g/mol. The van der Waals surface area contributed by atoms with Gasteiger partial charge in [0, 0.05) is 42.5 Å². The number of nitrogens with one attached hydrogen (secondary N) is 1. The second-order valence-electron chi connectivity index (χ2n) is 12.0. The van der Waals surface area contributed by atoms with Crippen molar-refractivity contribution in [1.29, 1.82) is 0 Å². The van der Waals surface area contributed by atoms with Crippen LogP contribution in [0.2, 0.25) is 0 Å². The Hall–Kier alpha value is -5.26. The van der Waals surface area contributed by atoms with E-state index in [0.29, 0.717) is 40.6 Å². The summed E-state index contributed by atoms with van der Waals surface area (Å²) >= 11 is 0. The number of urea groups is 1. The normalized spacial score (nSPS) is 17.0. The third-order valence-corrected chi connectivity index (χ3v) is 8.94. The van der Waals surface area contributed by atoms with Gasteiger partial charge < -0.3 is 24.4 Å². The molecule has 1 aromatic heterocycles. The minimum Gasteiger partial charge on any atom is -0.493 e. The van der Waals surface area contributed by atoms with Crippen LogP contribution in [0.1, 0.15) is 38.5 Å². The number of benzene rings is 3. The Morgan fingerprint density at radius 3 is 2.33 bits per heavy atom. The van der Waals surface area contributed by atoms with Crippen molar-refractivity contribution in [2.75, 3.05) is 37.5 Å². The first kappa shape index (κ1) is 32.7. The predicted molar refractivity (Wildman–Crippen MR) is 175 cm³/mol. The van der Waals surface area contributed by atoms with E-state index in [1.54, 1.807) is 18.2 Å². The van der Waals surface area contributed by atoms with Crippen LogP contribution in [-0.4, -0.2) is 55.0 Å². The molecule has 1 saturated heterocycles. The zero-order valence-electron chi connectivity index (χ0n) is 26.7. The summed E-state index contributed by atoms with van der Waals surface area (Å²) in [6.07, 6.45) is 7.94. The molecule has 1 aliphatic heterocycles. The smallest absolute Gasteiger partial charge is 0.331 e. The second kappa shape index (κ2) is 14.2. The zero-order chi connectivity index (χ0) is 33.8. The molecule has 1 unspecified atom stereocenters. The van der Waals surface area contributed by atoms with Crippen molar-refractivity contribution >= 4 is 40.1 Å². The molecule has 12 heteroatoms. The van der Waals surface area contributed by atoms with Crippen LogP contribution in [0, 0.1) is 23.5 Å². The number of hydrogen-bond donors (Lipinski definition) is 1. The van der Waals surface area contributed by atoms with Gasteiger partial charge in [-0.2, -0.15) is 0 Å². The minimum absolute atomic E-state index is 0.0997. The minimum atomic E-state index is -1.27. The Bertz CT molecular complexity index is 1830. The van der Waals surface area contributed by atoms with Crippen LogP contribution in [-0.2, 0) is 9.59 Å². The first-order chi connectivity index (χ1) is 23.2. The van der Waals surface area contributed by atoms with Gasteiger partial charge in [-0.15, -0.1) is 0 Å². The molecule has 2 fully saturated rings. The maximum atomic E-state index is 15.4. The predicted octanol–water partition coefficient (Wildman–Crippen LogP) is 7.32. The third-order valence-electron chi connectivity index (χ3n) is 8.94. The molecule has 4 amide bonds. The van der Waals surface area contributed by atoms with E-state index in [1.807, 2.05) is 0 Å². The number of ether oxygens (including phenoxy) is 3. The summed E-state index contributed by atoms with van der Waals surface area (Å²) < 4.78 is 45.7. The van der Waals surface area contributed by atoms with Crippen molar-refractivity contribution in [2.45, 2.75) is 38.5 Å². The maximum Gasteiger partial charge on any atom is 0.331 e. The third kappa shape index (κ3) is 6.87. The number of halogens is 2. The maximum absolute atomic E-state index is 15.4. The van der Waals surface area contributed by atoms with E-state index in [4.69, 9.17) is 14.2 Å². The number of aromatic nitrogens is 1. The summed E-state index contributed by atoms with van der Waals surface area (Å²) in [6, 6.07) is 13.3. The number of nitrogens with zero attached hydrogens (tertiary/aromatic N) is 3. The second-order valence-corrected chi connectivity index (χ2v) is 12.0. The average molecular weight is 659 g/mol.